The number of alkyl halides is 3. The third-order valence-corrected chi connectivity index (χ3v) is 3.19. The van der Waals surface area contributed by atoms with Crippen molar-refractivity contribution >= 4 is 11.8 Å². The van der Waals surface area contributed by atoms with Crippen LogP contribution in [0.2, 0.25) is 0 Å². The van der Waals surface area contributed by atoms with E-state index in [0.29, 0.717) is 18.7 Å². The number of nitrogens with zero attached hydrogens (tertiary/aromatic N) is 2. The van der Waals surface area contributed by atoms with E-state index >= 15 is 0 Å². The van der Waals surface area contributed by atoms with Gasteiger partial charge in [-0.15, -0.1) is 0 Å². The molecule has 108 valence electrons. The van der Waals surface area contributed by atoms with Gasteiger partial charge >= 0.3 is 6.18 Å². The molecule has 0 unspecified atom stereocenters. The quantitative estimate of drug-likeness (QED) is 0.755. The summed E-state index contributed by atoms with van der Waals surface area (Å²) in [4.78, 5) is 8.28. The van der Waals surface area contributed by atoms with E-state index in [-0.39, 0.29) is 5.56 Å². The first kappa shape index (κ1) is 14.8. The Morgan fingerprint density at radius 2 is 1.85 bits per heavy atom. The summed E-state index contributed by atoms with van der Waals surface area (Å²) >= 11 is 0. The maximum absolute atomic E-state index is 13.3. The van der Waals surface area contributed by atoms with Crippen molar-refractivity contribution < 1.29 is 13.2 Å². The second kappa shape index (κ2) is 5.04. The van der Waals surface area contributed by atoms with Crippen molar-refractivity contribution in [2.75, 3.05) is 6.54 Å². The Bertz CT molecular complexity index is 563. The van der Waals surface area contributed by atoms with Gasteiger partial charge in [0.05, 0.1) is 17.8 Å². The van der Waals surface area contributed by atoms with Crippen LogP contribution in [-0.2, 0) is 11.6 Å². The lowest BCUT2D eigenvalue weighted by Crippen LogP contribution is -2.23. The highest BCUT2D eigenvalue weighted by molar-refractivity contribution is 5.82. The number of pyridine rings is 1. The second-order valence-corrected chi connectivity index (χ2v) is 5.81. The summed E-state index contributed by atoms with van der Waals surface area (Å²) in [5, 5.41) is 0. The van der Waals surface area contributed by atoms with Gasteiger partial charge in [0.25, 0.3) is 0 Å². The first-order valence-corrected chi connectivity index (χ1v) is 6.45. The lowest BCUT2D eigenvalue weighted by Gasteiger charge is -2.27. The van der Waals surface area contributed by atoms with Gasteiger partial charge < -0.3 is 0 Å². The summed E-state index contributed by atoms with van der Waals surface area (Å²) in [6.45, 7) is 5.83. The molecular weight excluding hydrogens is 265 g/mol. The number of rotatable bonds is 1. The summed E-state index contributed by atoms with van der Waals surface area (Å²) in [5.41, 5.74) is 0.283. The molecule has 1 aromatic heterocycles. The largest absolute Gasteiger partial charge is 0.416 e. The molecular formula is C15H17F3N2. The fourth-order valence-electron chi connectivity index (χ4n) is 2.38. The van der Waals surface area contributed by atoms with Crippen LogP contribution in [0.5, 0.6) is 0 Å². The van der Waals surface area contributed by atoms with Crippen LogP contribution in [0.3, 0.4) is 0 Å². The van der Waals surface area contributed by atoms with Gasteiger partial charge in [-0.3, -0.25) is 9.98 Å². The highest BCUT2D eigenvalue weighted by Crippen LogP contribution is 2.40. The molecule has 2 rings (SSSR count). The van der Waals surface area contributed by atoms with E-state index in [4.69, 9.17) is 0 Å². The molecule has 0 saturated heterocycles. The third-order valence-electron chi connectivity index (χ3n) is 3.19. The number of hydrogen-bond donors (Lipinski definition) is 0. The SMILES string of the molecule is CC(C)(C)c1c(C(F)(F)F)ccnc1C1=CCN=CC1. The van der Waals surface area contributed by atoms with Gasteiger partial charge in [-0.2, -0.15) is 13.2 Å². The number of aliphatic imine (C=N–C) groups is 1. The molecule has 20 heavy (non-hydrogen) atoms. The van der Waals surface area contributed by atoms with Crippen LogP contribution in [0.15, 0.2) is 23.3 Å². The summed E-state index contributed by atoms with van der Waals surface area (Å²) in [5.74, 6) is 0. The van der Waals surface area contributed by atoms with Crippen LogP contribution >= 0.6 is 0 Å². The zero-order valence-corrected chi connectivity index (χ0v) is 11.8. The Morgan fingerprint density at radius 1 is 1.15 bits per heavy atom. The van der Waals surface area contributed by atoms with Gasteiger partial charge in [0.2, 0.25) is 0 Å². The third kappa shape index (κ3) is 2.92. The van der Waals surface area contributed by atoms with Crippen molar-refractivity contribution in [1.82, 2.24) is 4.98 Å². The predicted octanol–water partition coefficient (Wildman–Crippen LogP) is 4.26. The summed E-state index contributed by atoms with van der Waals surface area (Å²) in [7, 11) is 0. The molecule has 2 heterocycles. The predicted molar refractivity (Wildman–Crippen MR) is 73.9 cm³/mol. The fourth-order valence-corrected chi connectivity index (χ4v) is 2.38. The van der Waals surface area contributed by atoms with E-state index in [1.165, 1.54) is 6.20 Å². The maximum Gasteiger partial charge on any atom is 0.416 e. The highest BCUT2D eigenvalue weighted by Gasteiger charge is 2.38. The van der Waals surface area contributed by atoms with E-state index in [0.717, 1.165) is 11.6 Å². The van der Waals surface area contributed by atoms with Gasteiger partial charge in [0.1, 0.15) is 0 Å². The van der Waals surface area contributed by atoms with Crippen molar-refractivity contribution in [2.45, 2.75) is 38.8 Å². The summed E-state index contributed by atoms with van der Waals surface area (Å²) < 4.78 is 39.8. The molecule has 0 amide bonds. The zero-order valence-electron chi connectivity index (χ0n) is 11.8. The Kier molecular flexibility index (Phi) is 3.71. The molecule has 0 atom stereocenters. The minimum Gasteiger partial charge on any atom is -0.293 e. The monoisotopic (exact) mass is 282 g/mol. The molecule has 0 N–H and O–H groups in total. The van der Waals surface area contributed by atoms with Crippen molar-refractivity contribution in [3.8, 4) is 0 Å². The van der Waals surface area contributed by atoms with E-state index in [9.17, 15) is 13.2 Å². The van der Waals surface area contributed by atoms with Crippen molar-refractivity contribution in [3.63, 3.8) is 0 Å². The number of halogens is 3. The van der Waals surface area contributed by atoms with Crippen LogP contribution in [-0.4, -0.2) is 17.7 Å². The van der Waals surface area contributed by atoms with Crippen molar-refractivity contribution in [1.29, 1.82) is 0 Å². The minimum atomic E-state index is -4.37. The average Bonchev–Trinajstić information content (AvgIpc) is 2.37. The van der Waals surface area contributed by atoms with E-state index in [1.807, 2.05) is 6.08 Å². The smallest absolute Gasteiger partial charge is 0.293 e. The minimum absolute atomic E-state index is 0.258. The summed E-state index contributed by atoms with van der Waals surface area (Å²) in [6.07, 6.45) is 0.961. The van der Waals surface area contributed by atoms with Crippen molar-refractivity contribution in [3.05, 3.63) is 35.2 Å². The molecule has 0 spiro atoms. The highest BCUT2D eigenvalue weighted by atomic mass is 19.4. The Labute approximate surface area is 116 Å². The van der Waals surface area contributed by atoms with Crippen LogP contribution < -0.4 is 0 Å². The number of allylic oxidation sites excluding steroid dienone is 1. The van der Waals surface area contributed by atoms with Gasteiger partial charge in [-0.25, -0.2) is 0 Å². The molecule has 0 saturated carbocycles. The molecule has 1 aliphatic rings. The van der Waals surface area contributed by atoms with E-state index < -0.39 is 17.2 Å². The van der Waals surface area contributed by atoms with Crippen LogP contribution in [0.25, 0.3) is 5.57 Å². The maximum atomic E-state index is 13.3. The Hall–Kier alpha value is -1.65. The second-order valence-electron chi connectivity index (χ2n) is 5.81. The van der Waals surface area contributed by atoms with Crippen LogP contribution in [0.1, 0.15) is 44.0 Å². The Morgan fingerprint density at radius 3 is 2.35 bits per heavy atom. The topological polar surface area (TPSA) is 25.2 Å². The van der Waals surface area contributed by atoms with Gasteiger partial charge in [0.15, 0.2) is 0 Å². The van der Waals surface area contributed by atoms with Gasteiger partial charge in [0, 0.05) is 18.8 Å². The standard InChI is InChI=1S/C15H17F3N2/c1-14(2,3)12-11(15(16,17)18)6-9-20-13(12)10-4-7-19-8-5-10/h4,6,8-9H,5,7H2,1-3H3. The van der Waals surface area contributed by atoms with Gasteiger partial charge in [-0.1, -0.05) is 26.8 Å². The molecule has 0 fully saturated rings. The molecule has 0 aliphatic carbocycles. The first-order valence-electron chi connectivity index (χ1n) is 6.45. The molecule has 1 aliphatic heterocycles. The molecule has 2 nitrogen and oxygen atoms in total. The van der Waals surface area contributed by atoms with Gasteiger partial charge in [-0.05, 0) is 22.6 Å². The Balaban J connectivity index is 2.66. The lowest BCUT2D eigenvalue weighted by molar-refractivity contribution is -0.138. The lowest BCUT2D eigenvalue weighted by atomic mass is 9.80. The van der Waals surface area contributed by atoms with Crippen molar-refractivity contribution in [2.24, 2.45) is 4.99 Å². The van der Waals surface area contributed by atoms with Crippen LogP contribution in [0.4, 0.5) is 13.2 Å². The summed E-state index contributed by atoms with van der Waals surface area (Å²) in [6, 6.07) is 1.06. The number of aromatic nitrogens is 1. The average molecular weight is 282 g/mol. The fraction of sp³-hybridized carbons (Fsp3) is 0.467. The van der Waals surface area contributed by atoms with E-state index in [1.54, 1.807) is 27.0 Å². The number of hydrogen-bond acceptors (Lipinski definition) is 2. The number of dihydropyridines is 1. The normalized spacial score (nSPS) is 16.2. The molecule has 0 radical (unpaired) electrons. The molecule has 1 aromatic rings. The van der Waals surface area contributed by atoms with Crippen LogP contribution in [0, 0.1) is 0 Å². The zero-order chi connectivity index (χ0) is 15.0. The first-order chi connectivity index (χ1) is 9.21. The van der Waals surface area contributed by atoms with E-state index in [2.05, 4.69) is 9.98 Å². The molecule has 0 bridgehead atoms. The molecule has 5 heteroatoms. The molecule has 0 aromatic carbocycles.